The molecule has 0 atom stereocenters. The van der Waals surface area contributed by atoms with Crippen molar-refractivity contribution in [3.8, 4) is 37.7 Å². The quantitative estimate of drug-likeness (QED) is 0.168. The van der Waals surface area contributed by atoms with Crippen LogP contribution < -0.4 is 4.90 Å². The highest BCUT2D eigenvalue weighted by molar-refractivity contribution is 7.18. The minimum atomic E-state index is 1.10. The van der Waals surface area contributed by atoms with Gasteiger partial charge in [0.05, 0.1) is 11.0 Å². The molecule has 0 spiro atoms. The predicted molar refractivity (Wildman–Crippen MR) is 210 cm³/mol. The van der Waals surface area contributed by atoms with E-state index in [0.717, 1.165) is 22.7 Å². The molecule has 2 heterocycles. The van der Waals surface area contributed by atoms with Crippen LogP contribution in [0, 0.1) is 0 Å². The fraction of sp³-hybridized carbons (Fsp3) is 0. The number of hydrogen-bond donors (Lipinski definition) is 0. The summed E-state index contributed by atoms with van der Waals surface area (Å²) in [7, 11) is 0. The second-order valence-electron chi connectivity index (χ2n) is 12.2. The number of para-hydroxylation sites is 2. The molecule has 232 valence electrons. The van der Waals surface area contributed by atoms with Gasteiger partial charge in [-0.1, -0.05) is 121 Å². The highest BCUT2D eigenvalue weighted by Crippen LogP contribution is 2.40. The molecular weight excluding hydrogens is 613 g/mol. The van der Waals surface area contributed by atoms with E-state index >= 15 is 0 Å². The SMILES string of the molecule is c1ccc(-c2ccc(N(c3ccc(-c4ccc(-c5ccccc5)s4)cc3)c3ccc(-n4c5ccccc5c5ccccc54)cc3)cc2)cc1. The molecule has 3 heteroatoms. The summed E-state index contributed by atoms with van der Waals surface area (Å²) in [5.41, 5.74) is 11.8. The highest BCUT2D eigenvalue weighted by Gasteiger charge is 2.16. The first kappa shape index (κ1) is 29.0. The molecule has 0 unspecified atom stereocenters. The second-order valence-corrected chi connectivity index (χ2v) is 13.3. The number of nitrogens with zero attached hydrogens (tertiary/aromatic N) is 2. The average Bonchev–Trinajstić information content (AvgIpc) is 3.81. The Kier molecular flexibility index (Phi) is 7.38. The smallest absolute Gasteiger partial charge is 0.0541 e. The minimum absolute atomic E-state index is 1.10. The van der Waals surface area contributed by atoms with Crippen LogP contribution >= 0.6 is 11.3 Å². The number of rotatable bonds is 7. The molecule has 0 saturated heterocycles. The van der Waals surface area contributed by atoms with Gasteiger partial charge in [0.2, 0.25) is 0 Å². The Labute approximate surface area is 290 Å². The Balaban J connectivity index is 1.10. The number of benzene rings is 7. The van der Waals surface area contributed by atoms with E-state index in [1.807, 2.05) is 11.3 Å². The molecule has 9 rings (SSSR count). The Morgan fingerprint density at radius 3 is 1.24 bits per heavy atom. The first-order chi connectivity index (χ1) is 24.3. The normalized spacial score (nSPS) is 11.3. The summed E-state index contributed by atoms with van der Waals surface area (Å²) in [4.78, 5) is 4.89. The van der Waals surface area contributed by atoms with Gasteiger partial charge in [-0.2, -0.15) is 0 Å². The van der Waals surface area contributed by atoms with Gasteiger partial charge in [-0.05, 0) is 95.1 Å². The zero-order chi connectivity index (χ0) is 32.6. The van der Waals surface area contributed by atoms with Crippen LogP contribution in [-0.2, 0) is 0 Å². The van der Waals surface area contributed by atoms with E-state index in [0.29, 0.717) is 0 Å². The number of hydrogen-bond acceptors (Lipinski definition) is 2. The maximum atomic E-state index is 2.37. The van der Waals surface area contributed by atoms with Gasteiger partial charge in [-0.15, -0.1) is 11.3 Å². The summed E-state index contributed by atoms with van der Waals surface area (Å²) in [5, 5.41) is 2.54. The molecule has 0 aliphatic heterocycles. The topological polar surface area (TPSA) is 8.17 Å². The van der Waals surface area contributed by atoms with E-state index in [2.05, 4.69) is 204 Å². The first-order valence-electron chi connectivity index (χ1n) is 16.6. The third-order valence-electron chi connectivity index (χ3n) is 9.25. The zero-order valence-electron chi connectivity index (χ0n) is 26.8. The summed E-state index contributed by atoms with van der Waals surface area (Å²) in [6, 6.07) is 69.8. The van der Waals surface area contributed by atoms with Crippen molar-refractivity contribution >= 4 is 50.2 Å². The van der Waals surface area contributed by atoms with Gasteiger partial charge in [-0.25, -0.2) is 0 Å². The molecule has 7 aromatic carbocycles. The number of thiophene rings is 1. The third kappa shape index (κ3) is 5.41. The van der Waals surface area contributed by atoms with Crippen LogP contribution in [0.5, 0.6) is 0 Å². The van der Waals surface area contributed by atoms with Gasteiger partial charge in [0, 0.05) is 43.3 Å². The number of anilines is 3. The molecule has 0 fully saturated rings. The largest absolute Gasteiger partial charge is 0.311 e. The lowest BCUT2D eigenvalue weighted by molar-refractivity contribution is 1.17. The van der Waals surface area contributed by atoms with E-state index < -0.39 is 0 Å². The molecule has 0 N–H and O–H groups in total. The van der Waals surface area contributed by atoms with Crippen LogP contribution in [0.25, 0.3) is 59.5 Å². The van der Waals surface area contributed by atoms with Crippen molar-refractivity contribution in [3.05, 3.63) is 194 Å². The van der Waals surface area contributed by atoms with Crippen molar-refractivity contribution in [2.75, 3.05) is 4.90 Å². The van der Waals surface area contributed by atoms with Crippen molar-refractivity contribution in [2.45, 2.75) is 0 Å². The summed E-state index contributed by atoms with van der Waals surface area (Å²) < 4.78 is 2.37. The van der Waals surface area contributed by atoms with Gasteiger partial charge >= 0.3 is 0 Å². The summed E-state index contributed by atoms with van der Waals surface area (Å²) in [6.07, 6.45) is 0. The van der Waals surface area contributed by atoms with Crippen molar-refractivity contribution in [1.29, 1.82) is 0 Å². The van der Waals surface area contributed by atoms with Crippen LogP contribution in [0.15, 0.2) is 194 Å². The maximum absolute atomic E-state index is 2.37. The minimum Gasteiger partial charge on any atom is -0.311 e. The zero-order valence-corrected chi connectivity index (χ0v) is 27.6. The lowest BCUT2D eigenvalue weighted by Gasteiger charge is -2.26. The lowest BCUT2D eigenvalue weighted by atomic mass is 10.0. The van der Waals surface area contributed by atoms with Crippen molar-refractivity contribution in [3.63, 3.8) is 0 Å². The standard InChI is InChI=1S/C46H32N2S/c1-3-11-33(12-4-1)34-19-23-37(24-20-34)47(38-25-21-36(22-26-38)46-32-31-45(49-46)35-13-5-2-6-14-35)39-27-29-40(30-28-39)48-43-17-9-7-15-41(43)42-16-8-10-18-44(42)48/h1-32H. The van der Waals surface area contributed by atoms with Crippen molar-refractivity contribution in [1.82, 2.24) is 4.57 Å². The van der Waals surface area contributed by atoms with Crippen LogP contribution in [0.3, 0.4) is 0 Å². The van der Waals surface area contributed by atoms with Gasteiger partial charge in [0.1, 0.15) is 0 Å². The van der Waals surface area contributed by atoms with Crippen LogP contribution in [0.2, 0.25) is 0 Å². The molecule has 49 heavy (non-hydrogen) atoms. The van der Waals surface area contributed by atoms with E-state index in [9.17, 15) is 0 Å². The molecular formula is C46H32N2S. The van der Waals surface area contributed by atoms with Crippen molar-refractivity contribution < 1.29 is 0 Å². The number of fused-ring (bicyclic) bond motifs is 3. The molecule has 0 amide bonds. The molecule has 0 aliphatic rings. The van der Waals surface area contributed by atoms with Gasteiger partial charge in [0.15, 0.2) is 0 Å². The van der Waals surface area contributed by atoms with Gasteiger partial charge in [-0.3, -0.25) is 0 Å². The molecule has 0 bridgehead atoms. The summed E-state index contributed by atoms with van der Waals surface area (Å²) >= 11 is 1.83. The average molecular weight is 645 g/mol. The Morgan fingerprint density at radius 2 is 0.714 bits per heavy atom. The molecule has 2 aromatic heterocycles. The molecule has 0 aliphatic carbocycles. The van der Waals surface area contributed by atoms with Crippen LogP contribution in [0.1, 0.15) is 0 Å². The molecule has 2 nitrogen and oxygen atoms in total. The second kappa shape index (κ2) is 12.5. The third-order valence-corrected chi connectivity index (χ3v) is 10.4. The number of aromatic nitrogens is 1. The fourth-order valence-corrected chi connectivity index (χ4v) is 7.87. The van der Waals surface area contributed by atoms with E-state index in [1.165, 1.54) is 53.8 Å². The van der Waals surface area contributed by atoms with E-state index in [1.54, 1.807) is 0 Å². The predicted octanol–water partition coefficient (Wildman–Crippen LogP) is 13.3. The Hall–Kier alpha value is -6.16. The summed E-state index contributed by atoms with van der Waals surface area (Å²) in [5.74, 6) is 0. The Morgan fingerprint density at radius 1 is 0.327 bits per heavy atom. The fourth-order valence-electron chi connectivity index (χ4n) is 6.86. The molecule has 0 radical (unpaired) electrons. The van der Waals surface area contributed by atoms with Crippen LogP contribution in [-0.4, -0.2) is 4.57 Å². The highest BCUT2D eigenvalue weighted by atomic mass is 32.1. The summed E-state index contributed by atoms with van der Waals surface area (Å²) in [6.45, 7) is 0. The Bertz CT molecular complexity index is 2460. The maximum Gasteiger partial charge on any atom is 0.0541 e. The lowest BCUT2D eigenvalue weighted by Crippen LogP contribution is -2.10. The van der Waals surface area contributed by atoms with E-state index in [4.69, 9.17) is 0 Å². The van der Waals surface area contributed by atoms with Crippen molar-refractivity contribution in [2.24, 2.45) is 0 Å². The van der Waals surface area contributed by atoms with Crippen LogP contribution in [0.4, 0.5) is 17.1 Å². The molecule has 9 aromatic rings. The van der Waals surface area contributed by atoms with Gasteiger partial charge < -0.3 is 9.47 Å². The molecule has 0 saturated carbocycles. The monoisotopic (exact) mass is 644 g/mol. The van der Waals surface area contributed by atoms with Gasteiger partial charge in [0.25, 0.3) is 0 Å². The van der Waals surface area contributed by atoms with E-state index in [-0.39, 0.29) is 0 Å². The first-order valence-corrected chi connectivity index (χ1v) is 17.4.